The molecule has 1 aliphatic heterocycles. The summed E-state index contributed by atoms with van der Waals surface area (Å²) in [4.78, 5) is 59.9. The van der Waals surface area contributed by atoms with Gasteiger partial charge in [-0.2, -0.15) is 0 Å². The fraction of sp³-hybridized carbons (Fsp3) is 0.469. The van der Waals surface area contributed by atoms with Crippen molar-refractivity contribution in [1.82, 2.24) is 23.6 Å². The van der Waals surface area contributed by atoms with E-state index >= 15 is 0 Å². The minimum Gasteiger partial charge on any atom is -0.338 e. The first-order valence-corrected chi connectivity index (χ1v) is 15.1. The number of carbonyl (C=O) groups is 2. The summed E-state index contributed by atoms with van der Waals surface area (Å²) in [5, 5.41) is 3.67. The Morgan fingerprint density at radius 2 is 1.60 bits per heavy atom. The van der Waals surface area contributed by atoms with Crippen molar-refractivity contribution in [2.75, 3.05) is 18.4 Å². The number of rotatable bonds is 6. The molecule has 6 rings (SSSR count). The number of anilines is 1. The first-order chi connectivity index (χ1) is 20.3. The summed E-state index contributed by atoms with van der Waals surface area (Å²) in [5.41, 5.74) is 3.74. The average Bonchev–Trinajstić information content (AvgIpc) is 3.63. The number of imidazole rings is 1. The van der Waals surface area contributed by atoms with E-state index in [1.807, 2.05) is 39.0 Å². The second kappa shape index (κ2) is 11.2. The van der Waals surface area contributed by atoms with Gasteiger partial charge in [-0.15, -0.1) is 0 Å². The average molecular weight is 571 g/mol. The summed E-state index contributed by atoms with van der Waals surface area (Å²) in [7, 11) is 0. The lowest BCUT2D eigenvalue weighted by Crippen LogP contribution is -2.41. The third-order valence-electron chi connectivity index (χ3n) is 9.09. The summed E-state index contributed by atoms with van der Waals surface area (Å²) in [6, 6.07) is 9.19. The van der Waals surface area contributed by atoms with Gasteiger partial charge in [0.25, 0.3) is 11.5 Å². The minimum absolute atomic E-state index is 0.0613. The molecule has 1 saturated carbocycles. The quantitative estimate of drug-likeness (QED) is 0.368. The fourth-order valence-corrected chi connectivity index (χ4v) is 6.70. The Balaban J connectivity index is 1.30. The van der Waals surface area contributed by atoms with E-state index in [0.29, 0.717) is 72.2 Å². The van der Waals surface area contributed by atoms with Crippen LogP contribution in [0.2, 0.25) is 0 Å². The van der Waals surface area contributed by atoms with Gasteiger partial charge in [-0.05, 0) is 70.7 Å². The van der Waals surface area contributed by atoms with Crippen molar-refractivity contribution >= 4 is 39.4 Å². The largest absolute Gasteiger partial charge is 0.338 e. The highest BCUT2D eigenvalue weighted by atomic mass is 16.2. The molecular weight excluding hydrogens is 532 g/mol. The van der Waals surface area contributed by atoms with Crippen molar-refractivity contribution in [3.63, 3.8) is 0 Å². The lowest BCUT2D eigenvalue weighted by atomic mass is 10.0. The topological polar surface area (TPSA) is 111 Å². The van der Waals surface area contributed by atoms with Gasteiger partial charge in [-0.3, -0.25) is 28.1 Å². The Kier molecular flexibility index (Phi) is 7.47. The molecule has 2 aromatic carbocycles. The first-order valence-electron chi connectivity index (χ1n) is 15.1. The van der Waals surface area contributed by atoms with E-state index in [9.17, 15) is 19.2 Å². The Bertz CT molecular complexity index is 1800. The molecular formula is C32H38N6O4. The number of aryl methyl sites for hydroxylation is 3. The molecule has 42 heavy (non-hydrogen) atoms. The van der Waals surface area contributed by atoms with Crippen molar-refractivity contribution in [3.8, 4) is 0 Å². The molecule has 2 aromatic heterocycles. The van der Waals surface area contributed by atoms with Crippen LogP contribution < -0.4 is 16.6 Å². The lowest BCUT2D eigenvalue weighted by molar-refractivity contribution is -0.119. The van der Waals surface area contributed by atoms with E-state index in [4.69, 9.17) is 0 Å². The molecule has 2 fully saturated rings. The van der Waals surface area contributed by atoms with Gasteiger partial charge in [-0.1, -0.05) is 24.5 Å². The van der Waals surface area contributed by atoms with E-state index in [1.54, 1.807) is 37.1 Å². The monoisotopic (exact) mass is 570 g/mol. The van der Waals surface area contributed by atoms with E-state index in [0.717, 1.165) is 31.2 Å². The number of hydrogen-bond acceptors (Lipinski definition) is 5. The van der Waals surface area contributed by atoms with Gasteiger partial charge in [0.2, 0.25) is 5.91 Å². The van der Waals surface area contributed by atoms with Gasteiger partial charge in [0, 0.05) is 38.1 Å². The Hall–Kier alpha value is -4.21. The van der Waals surface area contributed by atoms with Crippen molar-refractivity contribution < 1.29 is 9.59 Å². The van der Waals surface area contributed by atoms with Crippen LogP contribution in [0, 0.1) is 12.8 Å². The molecule has 4 aromatic rings. The number of amides is 2. The normalized spacial score (nSPS) is 16.5. The number of nitrogens with one attached hydrogen (secondary N) is 1. The molecule has 10 heteroatoms. The maximum atomic E-state index is 14.0. The third-order valence-corrected chi connectivity index (χ3v) is 9.09. The molecule has 0 atom stereocenters. The standard InChI is InChI=1S/C32H38N6O4/c1-4-36-27-17-24(26(18-28(27)37(5-2)32(36)42)34-29(39)21-8-6-7-9-21)30(40)35-14-12-22(13-15-35)38-19-33-25-11-10-20(3)16-23(25)31(38)41/h10-11,16-19,21-22H,4-9,12-15H2,1-3H3,(H,34,39). The van der Waals surface area contributed by atoms with Gasteiger partial charge in [-0.25, -0.2) is 9.78 Å². The number of carbonyl (C=O) groups excluding carboxylic acids is 2. The second-order valence-corrected chi connectivity index (χ2v) is 11.6. The van der Waals surface area contributed by atoms with Gasteiger partial charge in [0.1, 0.15) is 0 Å². The van der Waals surface area contributed by atoms with Crippen LogP contribution >= 0.6 is 0 Å². The van der Waals surface area contributed by atoms with E-state index in [2.05, 4.69) is 10.3 Å². The Morgan fingerprint density at radius 1 is 0.929 bits per heavy atom. The number of piperidine rings is 1. The minimum atomic E-state index is -0.184. The molecule has 10 nitrogen and oxygen atoms in total. The van der Waals surface area contributed by atoms with Crippen molar-refractivity contribution in [3.05, 3.63) is 68.6 Å². The van der Waals surface area contributed by atoms with Crippen LogP contribution in [-0.4, -0.2) is 48.5 Å². The first kappa shape index (κ1) is 27.9. The molecule has 0 unspecified atom stereocenters. The second-order valence-electron chi connectivity index (χ2n) is 11.6. The highest BCUT2D eigenvalue weighted by Gasteiger charge is 2.30. The molecule has 1 aliphatic carbocycles. The molecule has 1 N–H and O–H groups in total. The van der Waals surface area contributed by atoms with Crippen LogP contribution in [0.3, 0.4) is 0 Å². The summed E-state index contributed by atoms with van der Waals surface area (Å²) in [5.74, 6) is -0.319. The van der Waals surface area contributed by atoms with E-state index < -0.39 is 0 Å². The number of nitrogens with zero attached hydrogens (tertiary/aromatic N) is 5. The highest BCUT2D eigenvalue weighted by Crippen LogP contribution is 2.31. The molecule has 0 bridgehead atoms. The molecule has 3 heterocycles. The number of likely N-dealkylation sites (tertiary alicyclic amines) is 1. The SMILES string of the molecule is CCn1c(=O)n(CC)c2cc(C(=O)N3CCC(n4cnc5ccc(C)cc5c4=O)CC3)c(NC(=O)C3CCCC3)cc21. The summed E-state index contributed by atoms with van der Waals surface area (Å²) in [6.45, 7) is 7.68. The maximum Gasteiger partial charge on any atom is 0.329 e. The van der Waals surface area contributed by atoms with Gasteiger partial charge in [0.15, 0.2) is 0 Å². The van der Waals surface area contributed by atoms with Crippen LogP contribution in [0.4, 0.5) is 5.69 Å². The number of fused-ring (bicyclic) bond motifs is 2. The third kappa shape index (κ3) is 4.82. The number of aromatic nitrogens is 4. The van der Waals surface area contributed by atoms with Gasteiger partial charge < -0.3 is 10.2 Å². The molecule has 2 aliphatic rings. The zero-order valence-corrected chi connectivity index (χ0v) is 24.6. The molecule has 0 spiro atoms. The van der Waals surface area contributed by atoms with Crippen LogP contribution in [0.1, 0.15) is 74.3 Å². The smallest absolute Gasteiger partial charge is 0.329 e. The van der Waals surface area contributed by atoms with E-state index in [1.165, 1.54) is 0 Å². The lowest BCUT2D eigenvalue weighted by Gasteiger charge is -2.33. The maximum absolute atomic E-state index is 14.0. The molecule has 0 radical (unpaired) electrons. The number of hydrogen-bond donors (Lipinski definition) is 1. The Labute approximate surface area is 243 Å². The predicted octanol–water partition coefficient (Wildman–Crippen LogP) is 4.47. The van der Waals surface area contributed by atoms with Crippen molar-refractivity contribution in [1.29, 1.82) is 0 Å². The van der Waals surface area contributed by atoms with Crippen LogP contribution in [0.5, 0.6) is 0 Å². The predicted molar refractivity (Wildman–Crippen MR) is 163 cm³/mol. The number of benzene rings is 2. The Morgan fingerprint density at radius 3 is 2.26 bits per heavy atom. The molecule has 1 saturated heterocycles. The molecule has 2 amide bonds. The van der Waals surface area contributed by atoms with Gasteiger partial charge >= 0.3 is 5.69 Å². The van der Waals surface area contributed by atoms with Gasteiger partial charge in [0.05, 0.1) is 39.5 Å². The van der Waals surface area contributed by atoms with Crippen molar-refractivity contribution in [2.45, 2.75) is 78.4 Å². The zero-order chi connectivity index (χ0) is 29.5. The summed E-state index contributed by atoms with van der Waals surface area (Å²) in [6.07, 6.45) is 6.60. The van der Waals surface area contributed by atoms with Crippen LogP contribution in [0.25, 0.3) is 21.9 Å². The summed E-state index contributed by atoms with van der Waals surface area (Å²) >= 11 is 0. The highest BCUT2D eigenvalue weighted by molar-refractivity contribution is 6.07. The fourth-order valence-electron chi connectivity index (χ4n) is 6.70. The van der Waals surface area contributed by atoms with Crippen molar-refractivity contribution in [2.24, 2.45) is 5.92 Å². The van der Waals surface area contributed by atoms with E-state index in [-0.39, 0.29) is 35.0 Å². The summed E-state index contributed by atoms with van der Waals surface area (Å²) < 4.78 is 5.06. The van der Waals surface area contributed by atoms with Crippen LogP contribution in [0.15, 0.2) is 46.2 Å². The zero-order valence-electron chi connectivity index (χ0n) is 24.6. The molecule has 220 valence electrons. The van der Waals surface area contributed by atoms with Crippen LogP contribution in [-0.2, 0) is 17.9 Å².